The van der Waals surface area contributed by atoms with Crippen LogP contribution in [0.4, 0.5) is 9.18 Å². The summed E-state index contributed by atoms with van der Waals surface area (Å²) in [6.45, 7) is 3.08. The van der Waals surface area contributed by atoms with E-state index in [9.17, 15) is 9.18 Å². The highest BCUT2D eigenvalue weighted by Crippen LogP contribution is 2.24. The summed E-state index contributed by atoms with van der Waals surface area (Å²) in [5, 5.41) is 2.66. The molecule has 0 unspecified atom stereocenters. The molecule has 3 nitrogen and oxygen atoms in total. The van der Waals surface area contributed by atoms with Gasteiger partial charge in [0.2, 0.25) is 0 Å². The number of carbonyl (C=O) groups excluding carboxylic acids is 1. The Balaban J connectivity index is 2.21. The third-order valence-electron chi connectivity index (χ3n) is 3.27. The number of nitrogens with one attached hydrogen (secondary N) is 1. The molecule has 2 rings (SSSR count). The molecule has 1 fully saturated rings. The van der Waals surface area contributed by atoms with Gasteiger partial charge in [0.1, 0.15) is 10.3 Å². The van der Waals surface area contributed by atoms with Crippen LogP contribution in [0.25, 0.3) is 5.70 Å². The van der Waals surface area contributed by atoms with Gasteiger partial charge in [-0.25, -0.2) is 9.18 Å². The summed E-state index contributed by atoms with van der Waals surface area (Å²) < 4.78 is 13.5. The quantitative estimate of drug-likeness (QED) is 0.877. The van der Waals surface area contributed by atoms with Gasteiger partial charge >= 0.3 is 6.03 Å². The summed E-state index contributed by atoms with van der Waals surface area (Å²) in [6.07, 6.45) is 1.97. The van der Waals surface area contributed by atoms with Gasteiger partial charge in [-0.1, -0.05) is 35.3 Å². The van der Waals surface area contributed by atoms with E-state index in [1.807, 2.05) is 0 Å². The number of carbonyl (C=O) groups is 1. The standard InChI is InChI=1S/C14H15Cl2FN2O/c1-9-4-5-10(8-11(9)17)12(13(15)16)18-14(20)19-6-2-3-7-19/h4-5,8H,2-3,6-7H2,1H3,(H,18,20). The average Bonchev–Trinajstić information content (AvgIpc) is 2.93. The topological polar surface area (TPSA) is 32.3 Å². The summed E-state index contributed by atoms with van der Waals surface area (Å²) >= 11 is 11.6. The fourth-order valence-corrected chi connectivity index (χ4v) is 2.40. The maximum absolute atomic E-state index is 13.6. The van der Waals surface area contributed by atoms with Crippen LogP contribution in [0.1, 0.15) is 24.0 Å². The number of benzene rings is 1. The van der Waals surface area contributed by atoms with E-state index in [4.69, 9.17) is 23.2 Å². The van der Waals surface area contributed by atoms with Crippen LogP contribution in [0, 0.1) is 12.7 Å². The van der Waals surface area contributed by atoms with Crippen LogP contribution in [-0.4, -0.2) is 24.0 Å². The molecule has 0 atom stereocenters. The Morgan fingerprint density at radius 1 is 1.30 bits per heavy atom. The van der Waals surface area contributed by atoms with Gasteiger partial charge < -0.3 is 10.2 Å². The van der Waals surface area contributed by atoms with E-state index < -0.39 is 0 Å². The Labute approximate surface area is 127 Å². The number of rotatable bonds is 2. The minimum atomic E-state index is -0.370. The first-order valence-corrected chi connectivity index (χ1v) is 7.12. The van der Waals surface area contributed by atoms with Crippen molar-refractivity contribution in [3.63, 3.8) is 0 Å². The van der Waals surface area contributed by atoms with Crippen molar-refractivity contribution in [3.8, 4) is 0 Å². The number of likely N-dealkylation sites (tertiary alicyclic amines) is 1. The highest BCUT2D eigenvalue weighted by Gasteiger charge is 2.20. The first kappa shape index (κ1) is 15.1. The highest BCUT2D eigenvalue weighted by atomic mass is 35.5. The van der Waals surface area contributed by atoms with Crippen molar-refractivity contribution in [2.24, 2.45) is 0 Å². The third-order valence-corrected chi connectivity index (χ3v) is 3.65. The number of nitrogens with zero attached hydrogens (tertiary/aromatic N) is 1. The average molecular weight is 317 g/mol. The van der Waals surface area contributed by atoms with Crippen LogP contribution in [0.2, 0.25) is 0 Å². The van der Waals surface area contributed by atoms with Gasteiger partial charge in [0, 0.05) is 18.7 Å². The van der Waals surface area contributed by atoms with Gasteiger partial charge in [0.15, 0.2) is 0 Å². The number of aryl methyl sites for hydroxylation is 1. The van der Waals surface area contributed by atoms with Crippen LogP contribution in [-0.2, 0) is 0 Å². The monoisotopic (exact) mass is 316 g/mol. The van der Waals surface area contributed by atoms with Crippen LogP contribution in [0.5, 0.6) is 0 Å². The predicted molar refractivity (Wildman–Crippen MR) is 79.1 cm³/mol. The lowest BCUT2D eigenvalue weighted by Crippen LogP contribution is -2.37. The molecule has 1 aliphatic rings. The van der Waals surface area contributed by atoms with Gasteiger partial charge in [-0.3, -0.25) is 0 Å². The number of hydrogen-bond acceptors (Lipinski definition) is 1. The molecule has 1 heterocycles. The third kappa shape index (κ3) is 3.44. The van der Waals surface area contributed by atoms with Crippen molar-refractivity contribution >= 4 is 34.9 Å². The molecule has 6 heteroatoms. The van der Waals surface area contributed by atoms with Gasteiger partial charge in [-0.05, 0) is 31.4 Å². The molecule has 0 bridgehead atoms. The fourth-order valence-electron chi connectivity index (χ4n) is 2.08. The maximum atomic E-state index is 13.6. The Morgan fingerprint density at radius 3 is 2.50 bits per heavy atom. The molecule has 0 saturated carbocycles. The zero-order valence-electron chi connectivity index (χ0n) is 11.0. The molecule has 2 amide bonds. The molecule has 20 heavy (non-hydrogen) atoms. The van der Waals surface area contributed by atoms with Gasteiger partial charge in [0.25, 0.3) is 0 Å². The van der Waals surface area contributed by atoms with Crippen molar-refractivity contribution in [1.82, 2.24) is 10.2 Å². The lowest BCUT2D eigenvalue weighted by molar-refractivity contribution is 0.213. The normalized spacial score (nSPS) is 14.3. The molecular formula is C14H15Cl2FN2O. The molecule has 1 aromatic carbocycles. The highest BCUT2D eigenvalue weighted by molar-refractivity contribution is 6.58. The van der Waals surface area contributed by atoms with Crippen molar-refractivity contribution in [1.29, 1.82) is 0 Å². The summed E-state index contributed by atoms with van der Waals surface area (Å²) in [5.74, 6) is -0.370. The van der Waals surface area contributed by atoms with E-state index >= 15 is 0 Å². The smallest absolute Gasteiger partial charge is 0.321 e. The van der Waals surface area contributed by atoms with Crippen molar-refractivity contribution in [3.05, 3.63) is 39.6 Å². The van der Waals surface area contributed by atoms with E-state index in [1.165, 1.54) is 6.07 Å². The van der Waals surface area contributed by atoms with Crippen molar-refractivity contribution < 1.29 is 9.18 Å². The molecule has 1 N–H and O–H groups in total. The summed E-state index contributed by atoms with van der Waals surface area (Å²) in [4.78, 5) is 13.7. The molecule has 0 spiro atoms. The Morgan fingerprint density at radius 2 is 1.95 bits per heavy atom. The number of amides is 2. The molecule has 108 valence electrons. The van der Waals surface area contributed by atoms with Crippen molar-refractivity contribution in [2.75, 3.05) is 13.1 Å². The molecule has 1 aromatic rings. The summed E-state index contributed by atoms with van der Waals surface area (Å²) in [7, 11) is 0. The summed E-state index contributed by atoms with van der Waals surface area (Å²) in [5.41, 5.74) is 1.19. The zero-order valence-corrected chi connectivity index (χ0v) is 12.6. The van der Waals surface area contributed by atoms with Gasteiger partial charge in [-0.2, -0.15) is 0 Å². The minimum Gasteiger partial charge on any atom is -0.325 e. The van der Waals surface area contributed by atoms with Crippen LogP contribution in [0.3, 0.4) is 0 Å². The molecule has 0 radical (unpaired) electrons. The van der Waals surface area contributed by atoms with E-state index in [-0.39, 0.29) is 22.0 Å². The van der Waals surface area contributed by atoms with E-state index in [0.29, 0.717) is 24.2 Å². The SMILES string of the molecule is Cc1ccc(C(NC(=O)N2CCCC2)=C(Cl)Cl)cc1F. The van der Waals surface area contributed by atoms with Crippen LogP contribution in [0.15, 0.2) is 22.7 Å². The van der Waals surface area contributed by atoms with Gasteiger partial charge in [-0.15, -0.1) is 0 Å². The fraction of sp³-hybridized carbons (Fsp3) is 0.357. The Bertz CT molecular complexity index is 550. The van der Waals surface area contributed by atoms with Crippen molar-refractivity contribution in [2.45, 2.75) is 19.8 Å². The molecule has 0 aromatic heterocycles. The van der Waals surface area contributed by atoms with E-state index in [0.717, 1.165) is 12.8 Å². The van der Waals surface area contributed by atoms with E-state index in [2.05, 4.69) is 5.32 Å². The van der Waals surface area contributed by atoms with Crippen LogP contribution >= 0.6 is 23.2 Å². The second kappa shape index (κ2) is 6.46. The molecular weight excluding hydrogens is 302 g/mol. The molecule has 0 aliphatic carbocycles. The first-order valence-electron chi connectivity index (χ1n) is 6.37. The van der Waals surface area contributed by atoms with E-state index in [1.54, 1.807) is 24.0 Å². The maximum Gasteiger partial charge on any atom is 0.321 e. The van der Waals surface area contributed by atoms with Gasteiger partial charge in [0.05, 0.1) is 5.70 Å². The first-order chi connectivity index (χ1) is 9.49. The second-order valence-electron chi connectivity index (χ2n) is 4.72. The number of hydrogen-bond donors (Lipinski definition) is 1. The summed E-state index contributed by atoms with van der Waals surface area (Å²) in [6, 6.07) is 4.32. The lowest BCUT2D eigenvalue weighted by atomic mass is 10.1. The number of halogens is 3. The van der Waals surface area contributed by atoms with Crippen LogP contribution < -0.4 is 5.32 Å². The number of urea groups is 1. The molecule has 1 aliphatic heterocycles. The zero-order chi connectivity index (χ0) is 14.7. The molecule has 1 saturated heterocycles. The Kier molecular flexibility index (Phi) is 4.89. The largest absolute Gasteiger partial charge is 0.325 e. The Hall–Kier alpha value is -1.26. The second-order valence-corrected chi connectivity index (χ2v) is 5.67. The minimum absolute atomic E-state index is 0.0965. The lowest BCUT2D eigenvalue weighted by Gasteiger charge is -2.18. The predicted octanol–water partition coefficient (Wildman–Crippen LogP) is 4.04.